The summed E-state index contributed by atoms with van der Waals surface area (Å²) in [5, 5.41) is 30.4. The molecule has 1 fully saturated rings. The van der Waals surface area contributed by atoms with Crippen LogP contribution in [0.1, 0.15) is 63.0 Å². The van der Waals surface area contributed by atoms with E-state index in [-0.39, 0.29) is 55.6 Å². The lowest BCUT2D eigenvalue weighted by Gasteiger charge is -2.07. The standard InChI is InChI=1S/C26H28FN9O3/c27-20(14-36-16-24(32-34-36)25(38)29-12-17-2-1-3-22(37)10-17)7-9-35-15-23(31-33-35)26(39)30-13-21-11-19(6-8-28-21)18-4-5-18/h1-3,6,8,10-11,15-16,18,20,37H,4-5,7,9,12-14H2,(H,29,38)(H,30,39). The van der Waals surface area contributed by atoms with Gasteiger partial charge in [-0.3, -0.25) is 19.3 Å². The Morgan fingerprint density at radius 2 is 1.72 bits per heavy atom. The zero-order chi connectivity index (χ0) is 27.2. The lowest BCUT2D eigenvalue weighted by atomic mass is 10.1. The van der Waals surface area contributed by atoms with E-state index in [1.54, 1.807) is 24.4 Å². The van der Waals surface area contributed by atoms with Crippen molar-refractivity contribution < 1.29 is 19.1 Å². The molecule has 1 aliphatic rings. The molecule has 1 aromatic carbocycles. The summed E-state index contributed by atoms with van der Waals surface area (Å²) in [6.45, 7) is 0.598. The van der Waals surface area contributed by atoms with Gasteiger partial charge in [-0.1, -0.05) is 22.6 Å². The van der Waals surface area contributed by atoms with Gasteiger partial charge < -0.3 is 15.7 Å². The number of benzene rings is 1. The normalized spacial score (nSPS) is 13.7. The topological polar surface area (TPSA) is 153 Å². The van der Waals surface area contributed by atoms with Crippen molar-refractivity contribution in [1.29, 1.82) is 0 Å². The maximum atomic E-state index is 14.6. The van der Waals surface area contributed by atoms with Gasteiger partial charge in [0.05, 0.1) is 31.2 Å². The summed E-state index contributed by atoms with van der Waals surface area (Å²) in [4.78, 5) is 29.1. The molecular formula is C26H28FN9O3. The average molecular weight is 534 g/mol. The number of rotatable bonds is 12. The van der Waals surface area contributed by atoms with Crippen LogP contribution in [0.3, 0.4) is 0 Å². The number of hydrogen-bond donors (Lipinski definition) is 3. The highest BCUT2D eigenvalue weighted by Gasteiger charge is 2.23. The van der Waals surface area contributed by atoms with E-state index in [1.165, 1.54) is 46.2 Å². The van der Waals surface area contributed by atoms with Crippen molar-refractivity contribution in [2.45, 2.75) is 57.5 Å². The molecule has 0 spiro atoms. The molecule has 2 amide bonds. The first-order chi connectivity index (χ1) is 18.9. The van der Waals surface area contributed by atoms with Gasteiger partial charge in [-0.25, -0.2) is 9.07 Å². The van der Waals surface area contributed by atoms with Gasteiger partial charge in [0.1, 0.15) is 11.9 Å². The van der Waals surface area contributed by atoms with E-state index >= 15 is 0 Å². The third-order valence-electron chi connectivity index (χ3n) is 6.28. The second kappa shape index (κ2) is 11.8. The fraction of sp³-hybridized carbons (Fsp3) is 0.346. The van der Waals surface area contributed by atoms with Gasteiger partial charge in [-0.15, -0.1) is 10.2 Å². The van der Waals surface area contributed by atoms with E-state index in [1.807, 2.05) is 12.1 Å². The summed E-state index contributed by atoms with van der Waals surface area (Å²) in [6, 6.07) is 10.5. The van der Waals surface area contributed by atoms with Gasteiger partial charge >= 0.3 is 0 Å². The molecule has 39 heavy (non-hydrogen) atoms. The molecule has 0 aliphatic heterocycles. The molecule has 5 rings (SSSR count). The fourth-order valence-electron chi connectivity index (χ4n) is 4.03. The number of amides is 2. The highest BCUT2D eigenvalue weighted by atomic mass is 19.1. The van der Waals surface area contributed by atoms with Crippen molar-refractivity contribution in [2.75, 3.05) is 0 Å². The first kappa shape index (κ1) is 25.9. The molecule has 0 saturated heterocycles. The number of carbonyl (C=O) groups excluding carboxylic acids is 2. The summed E-state index contributed by atoms with van der Waals surface area (Å²) in [5.41, 5.74) is 2.95. The molecule has 1 unspecified atom stereocenters. The maximum Gasteiger partial charge on any atom is 0.273 e. The van der Waals surface area contributed by atoms with Crippen molar-refractivity contribution in [2.24, 2.45) is 0 Å². The van der Waals surface area contributed by atoms with Crippen molar-refractivity contribution in [3.63, 3.8) is 0 Å². The molecule has 12 nitrogen and oxygen atoms in total. The minimum Gasteiger partial charge on any atom is -0.508 e. The van der Waals surface area contributed by atoms with Crippen LogP contribution >= 0.6 is 0 Å². The SMILES string of the molecule is O=C(NCc1cc(C2CC2)ccn1)c1cn(CCC(F)Cn2cc(C(=O)NCc3cccc(O)c3)nn2)nn1. The number of phenols is 1. The van der Waals surface area contributed by atoms with E-state index < -0.39 is 12.1 Å². The smallest absolute Gasteiger partial charge is 0.273 e. The lowest BCUT2D eigenvalue weighted by molar-refractivity contribution is 0.0937. The molecule has 202 valence electrons. The van der Waals surface area contributed by atoms with Gasteiger partial charge in [0.2, 0.25) is 0 Å². The number of halogens is 1. The van der Waals surface area contributed by atoms with Crippen LogP contribution in [0, 0.1) is 0 Å². The van der Waals surface area contributed by atoms with Crippen LogP contribution in [-0.2, 0) is 26.2 Å². The van der Waals surface area contributed by atoms with E-state index in [4.69, 9.17) is 0 Å². The Morgan fingerprint density at radius 1 is 1.00 bits per heavy atom. The number of carbonyl (C=O) groups is 2. The molecule has 0 radical (unpaired) electrons. The Labute approximate surface area is 223 Å². The van der Waals surface area contributed by atoms with Crippen LogP contribution in [0.4, 0.5) is 4.39 Å². The molecule has 3 aromatic heterocycles. The Morgan fingerprint density at radius 3 is 2.46 bits per heavy atom. The molecule has 3 N–H and O–H groups in total. The van der Waals surface area contributed by atoms with Gasteiger partial charge in [0.15, 0.2) is 11.4 Å². The van der Waals surface area contributed by atoms with Crippen LogP contribution in [0.5, 0.6) is 5.75 Å². The third kappa shape index (κ3) is 7.21. The van der Waals surface area contributed by atoms with Crippen LogP contribution in [0.15, 0.2) is 55.0 Å². The second-order valence-corrected chi connectivity index (χ2v) is 9.47. The molecule has 13 heteroatoms. The highest BCUT2D eigenvalue weighted by molar-refractivity contribution is 5.92. The molecule has 1 saturated carbocycles. The summed E-state index contributed by atoms with van der Waals surface area (Å²) in [6.07, 6.45) is 5.80. The predicted octanol–water partition coefficient (Wildman–Crippen LogP) is 2.14. The fourth-order valence-corrected chi connectivity index (χ4v) is 4.03. The summed E-state index contributed by atoms with van der Waals surface area (Å²) < 4.78 is 17.3. The van der Waals surface area contributed by atoms with Gasteiger partial charge in [0, 0.05) is 25.7 Å². The average Bonchev–Trinajstić information content (AvgIpc) is 3.50. The Balaban J connectivity index is 1.04. The summed E-state index contributed by atoms with van der Waals surface area (Å²) in [5.74, 6) is -0.127. The predicted molar refractivity (Wildman–Crippen MR) is 136 cm³/mol. The first-order valence-corrected chi connectivity index (χ1v) is 12.7. The van der Waals surface area contributed by atoms with E-state index in [9.17, 15) is 19.1 Å². The second-order valence-electron chi connectivity index (χ2n) is 9.47. The molecule has 3 heterocycles. The largest absolute Gasteiger partial charge is 0.508 e. The minimum absolute atomic E-state index is 0.0590. The quantitative estimate of drug-likeness (QED) is 0.250. The van der Waals surface area contributed by atoms with Crippen LogP contribution in [0.2, 0.25) is 0 Å². The van der Waals surface area contributed by atoms with Gasteiger partial charge in [-0.05, 0) is 54.2 Å². The number of alkyl halides is 1. The Kier molecular flexibility index (Phi) is 7.85. The number of aromatic hydroxyl groups is 1. The van der Waals surface area contributed by atoms with Crippen LogP contribution in [0.25, 0.3) is 0 Å². The van der Waals surface area contributed by atoms with Crippen molar-refractivity contribution >= 4 is 11.8 Å². The monoisotopic (exact) mass is 533 g/mol. The number of hydrogen-bond acceptors (Lipinski definition) is 8. The Bertz CT molecular complexity index is 1450. The number of nitrogens with one attached hydrogen (secondary N) is 2. The van der Waals surface area contributed by atoms with Crippen molar-refractivity contribution in [1.82, 2.24) is 45.6 Å². The number of aromatic nitrogens is 7. The number of pyridine rings is 1. The Hall–Kier alpha value is -4.68. The van der Waals surface area contributed by atoms with E-state index in [2.05, 4.69) is 36.2 Å². The number of nitrogens with zero attached hydrogens (tertiary/aromatic N) is 7. The highest BCUT2D eigenvalue weighted by Crippen LogP contribution is 2.39. The lowest BCUT2D eigenvalue weighted by Crippen LogP contribution is -2.23. The summed E-state index contributed by atoms with van der Waals surface area (Å²) in [7, 11) is 0. The maximum absolute atomic E-state index is 14.6. The molecule has 1 aliphatic carbocycles. The zero-order valence-electron chi connectivity index (χ0n) is 21.1. The van der Waals surface area contributed by atoms with E-state index in [0.717, 1.165) is 11.3 Å². The van der Waals surface area contributed by atoms with Crippen LogP contribution in [-0.4, -0.2) is 58.1 Å². The van der Waals surface area contributed by atoms with Gasteiger partial charge in [-0.2, -0.15) is 0 Å². The third-order valence-corrected chi connectivity index (χ3v) is 6.28. The number of phenolic OH excluding ortho intramolecular Hbond substituents is 1. The van der Waals surface area contributed by atoms with Crippen molar-refractivity contribution in [3.05, 3.63) is 83.2 Å². The molecule has 4 aromatic rings. The van der Waals surface area contributed by atoms with Crippen molar-refractivity contribution in [3.8, 4) is 5.75 Å². The molecule has 0 bridgehead atoms. The molecular weight excluding hydrogens is 505 g/mol. The first-order valence-electron chi connectivity index (χ1n) is 12.7. The molecule has 1 atom stereocenters. The number of aryl methyl sites for hydroxylation is 1. The zero-order valence-corrected chi connectivity index (χ0v) is 21.1. The summed E-state index contributed by atoms with van der Waals surface area (Å²) >= 11 is 0. The minimum atomic E-state index is -1.29. The van der Waals surface area contributed by atoms with E-state index in [0.29, 0.717) is 5.92 Å². The van der Waals surface area contributed by atoms with Gasteiger partial charge in [0.25, 0.3) is 11.8 Å². The van der Waals surface area contributed by atoms with Crippen LogP contribution < -0.4 is 10.6 Å².